The molecular formula is C19H20N2O4S. The van der Waals surface area contributed by atoms with Gasteiger partial charge >= 0.3 is 0 Å². The van der Waals surface area contributed by atoms with Crippen molar-refractivity contribution in [2.75, 3.05) is 27.9 Å². The van der Waals surface area contributed by atoms with Gasteiger partial charge in [-0.05, 0) is 24.3 Å². The molecule has 0 fully saturated rings. The Morgan fingerprint density at radius 1 is 1.08 bits per heavy atom. The lowest BCUT2D eigenvalue weighted by molar-refractivity contribution is 0.0953. The van der Waals surface area contributed by atoms with Crippen molar-refractivity contribution in [3.63, 3.8) is 0 Å². The van der Waals surface area contributed by atoms with E-state index in [9.17, 15) is 4.79 Å². The summed E-state index contributed by atoms with van der Waals surface area (Å²) in [4.78, 5) is 17.0. The Hall–Kier alpha value is -2.80. The van der Waals surface area contributed by atoms with Crippen molar-refractivity contribution in [1.29, 1.82) is 0 Å². The highest BCUT2D eigenvalue weighted by atomic mass is 32.1. The van der Waals surface area contributed by atoms with E-state index in [1.54, 1.807) is 23.5 Å². The first-order chi connectivity index (χ1) is 12.7. The standard InChI is InChI=1S/C19H20N2O4S/c1-23-14-10-12(11-15(24-2)18(14)25-3)19(22)20-9-8-17-21-13-6-4-5-7-16(13)26-17/h4-7,10-11H,8-9H2,1-3H3,(H,20,22). The third kappa shape index (κ3) is 3.72. The molecule has 0 aliphatic rings. The van der Waals surface area contributed by atoms with Crippen LogP contribution in [0.25, 0.3) is 10.2 Å². The van der Waals surface area contributed by atoms with Crippen LogP contribution >= 0.6 is 11.3 Å². The van der Waals surface area contributed by atoms with Gasteiger partial charge in [-0.3, -0.25) is 4.79 Å². The van der Waals surface area contributed by atoms with Gasteiger partial charge in [-0.15, -0.1) is 11.3 Å². The van der Waals surface area contributed by atoms with Crippen LogP contribution in [0.1, 0.15) is 15.4 Å². The van der Waals surface area contributed by atoms with Gasteiger partial charge in [0.05, 0.1) is 36.6 Å². The van der Waals surface area contributed by atoms with Crippen molar-refractivity contribution in [3.05, 3.63) is 47.0 Å². The number of amides is 1. The Morgan fingerprint density at radius 2 is 1.77 bits per heavy atom. The minimum atomic E-state index is -0.203. The van der Waals surface area contributed by atoms with E-state index in [2.05, 4.69) is 10.3 Å². The number of rotatable bonds is 7. The van der Waals surface area contributed by atoms with Crippen molar-refractivity contribution in [3.8, 4) is 17.2 Å². The van der Waals surface area contributed by atoms with Crippen LogP contribution in [-0.4, -0.2) is 38.8 Å². The number of hydrogen-bond donors (Lipinski definition) is 1. The van der Waals surface area contributed by atoms with Crippen LogP contribution in [0, 0.1) is 0 Å². The lowest BCUT2D eigenvalue weighted by Crippen LogP contribution is -2.25. The molecule has 6 nitrogen and oxygen atoms in total. The maximum Gasteiger partial charge on any atom is 0.251 e. The molecule has 0 radical (unpaired) electrons. The predicted octanol–water partition coefficient (Wildman–Crippen LogP) is 3.29. The molecule has 7 heteroatoms. The average molecular weight is 372 g/mol. The molecule has 2 aromatic carbocycles. The normalized spacial score (nSPS) is 10.6. The van der Waals surface area contributed by atoms with E-state index in [-0.39, 0.29) is 5.91 Å². The van der Waals surface area contributed by atoms with Crippen molar-refractivity contribution in [2.45, 2.75) is 6.42 Å². The lowest BCUT2D eigenvalue weighted by atomic mass is 10.1. The molecule has 1 heterocycles. The SMILES string of the molecule is COc1cc(C(=O)NCCc2nc3ccccc3s2)cc(OC)c1OC. The van der Waals surface area contributed by atoms with Gasteiger partial charge in [0.1, 0.15) is 0 Å². The third-order valence-electron chi connectivity index (χ3n) is 3.89. The van der Waals surface area contributed by atoms with Crippen LogP contribution in [0.2, 0.25) is 0 Å². The lowest BCUT2D eigenvalue weighted by Gasteiger charge is -2.14. The van der Waals surface area contributed by atoms with E-state index in [1.165, 1.54) is 21.3 Å². The summed E-state index contributed by atoms with van der Waals surface area (Å²) in [5, 5.41) is 3.90. The topological polar surface area (TPSA) is 69.7 Å². The molecule has 26 heavy (non-hydrogen) atoms. The molecule has 136 valence electrons. The summed E-state index contributed by atoms with van der Waals surface area (Å²) < 4.78 is 17.0. The molecular weight excluding hydrogens is 352 g/mol. The second kappa shape index (κ2) is 8.05. The highest BCUT2D eigenvalue weighted by Gasteiger charge is 2.16. The molecule has 3 aromatic rings. The van der Waals surface area contributed by atoms with Gasteiger partial charge in [0.25, 0.3) is 5.91 Å². The van der Waals surface area contributed by atoms with Crippen LogP contribution < -0.4 is 19.5 Å². The summed E-state index contributed by atoms with van der Waals surface area (Å²) in [7, 11) is 4.57. The summed E-state index contributed by atoms with van der Waals surface area (Å²) in [6, 6.07) is 11.3. The van der Waals surface area contributed by atoms with Crippen molar-refractivity contribution in [1.82, 2.24) is 10.3 Å². The Bertz CT molecular complexity index is 865. The number of nitrogens with zero attached hydrogens (tertiary/aromatic N) is 1. The summed E-state index contributed by atoms with van der Waals surface area (Å²) in [6.45, 7) is 0.495. The van der Waals surface area contributed by atoms with Gasteiger partial charge in [-0.1, -0.05) is 12.1 Å². The number of ether oxygens (including phenoxy) is 3. The number of hydrogen-bond acceptors (Lipinski definition) is 6. The molecule has 0 bridgehead atoms. The molecule has 1 N–H and O–H groups in total. The van der Waals surface area contributed by atoms with Gasteiger partial charge in [-0.2, -0.15) is 0 Å². The number of benzene rings is 2. The molecule has 3 rings (SSSR count). The van der Waals surface area contributed by atoms with Crippen LogP contribution in [0.4, 0.5) is 0 Å². The number of aromatic nitrogens is 1. The second-order valence-corrected chi connectivity index (χ2v) is 6.61. The maximum absolute atomic E-state index is 12.5. The first-order valence-electron chi connectivity index (χ1n) is 8.09. The number of nitrogens with one attached hydrogen (secondary N) is 1. The van der Waals surface area contributed by atoms with Crippen molar-refractivity contribution < 1.29 is 19.0 Å². The number of carbonyl (C=O) groups is 1. The number of thiazole rings is 1. The fourth-order valence-electron chi connectivity index (χ4n) is 2.62. The summed E-state index contributed by atoms with van der Waals surface area (Å²) in [5.74, 6) is 1.15. The summed E-state index contributed by atoms with van der Waals surface area (Å²) in [5.41, 5.74) is 1.44. The fraction of sp³-hybridized carbons (Fsp3) is 0.263. The second-order valence-electron chi connectivity index (χ2n) is 5.50. The zero-order valence-electron chi connectivity index (χ0n) is 14.9. The first kappa shape index (κ1) is 18.0. The molecule has 0 aliphatic carbocycles. The van der Waals surface area contributed by atoms with E-state index in [1.807, 2.05) is 24.3 Å². The Balaban J connectivity index is 1.67. The minimum Gasteiger partial charge on any atom is -0.493 e. The molecule has 1 amide bonds. The molecule has 0 saturated carbocycles. The van der Waals surface area contributed by atoms with E-state index in [4.69, 9.17) is 14.2 Å². The summed E-state index contributed by atoms with van der Waals surface area (Å²) >= 11 is 1.64. The van der Waals surface area contributed by atoms with Gasteiger partial charge < -0.3 is 19.5 Å². The van der Waals surface area contributed by atoms with Gasteiger partial charge in [0.2, 0.25) is 5.75 Å². The van der Waals surface area contributed by atoms with Crippen LogP contribution in [0.5, 0.6) is 17.2 Å². The average Bonchev–Trinajstić information content (AvgIpc) is 3.09. The van der Waals surface area contributed by atoms with Gasteiger partial charge in [0.15, 0.2) is 11.5 Å². The first-order valence-corrected chi connectivity index (χ1v) is 8.90. The van der Waals surface area contributed by atoms with Crippen molar-refractivity contribution >= 4 is 27.5 Å². The Labute approximate surface area is 155 Å². The molecule has 0 unspecified atom stereocenters. The smallest absolute Gasteiger partial charge is 0.251 e. The molecule has 0 atom stereocenters. The molecule has 0 spiro atoms. The van der Waals surface area contributed by atoms with Gasteiger partial charge in [-0.25, -0.2) is 4.98 Å². The highest BCUT2D eigenvalue weighted by Crippen LogP contribution is 2.38. The van der Waals surface area contributed by atoms with Gasteiger partial charge in [0, 0.05) is 18.5 Å². The largest absolute Gasteiger partial charge is 0.493 e. The zero-order chi connectivity index (χ0) is 18.5. The third-order valence-corrected chi connectivity index (χ3v) is 4.99. The van der Waals surface area contributed by atoms with Crippen LogP contribution in [0.15, 0.2) is 36.4 Å². The number of methoxy groups -OCH3 is 3. The molecule has 1 aromatic heterocycles. The molecule has 0 aliphatic heterocycles. The Morgan fingerprint density at radius 3 is 2.38 bits per heavy atom. The number of para-hydroxylation sites is 1. The van der Waals surface area contributed by atoms with E-state index >= 15 is 0 Å². The Kier molecular flexibility index (Phi) is 5.58. The zero-order valence-corrected chi connectivity index (χ0v) is 15.7. The fourth-order valence-corrected chi connectivity index (χ4v) is 3.59. The number of carbonyl (C=O) groups excluding carboxylic acids is 1. The van der Waals surface area contributed by atoms with E-state index in [0.717, 1.165) is 15.2 Å². The number of fused-ring (bicyclic) bond motifs is 1. The van der Waals surface area contributed by atoms with E-state index in [0.29, 0.717) is 35.8 Å². The quantitative estimate of drug-likeness (QED) is 0.689. The van der Waals surface area contributed by atoms with Crippen molar-refractivity contribution in [2.24, 2.45) is 0 Å². The predicted molar refractivity (Wildman–Crippen MR) is 102 cm³/mol. The maximum atomic E-state index is 12.5. The summed E-state index contributed by atoms with van der Waals surface area (Å²) in [6.07, 6.45) is 0.676. The minimum absolute atomic E-state index is 0.203. The molecule has 0 saturated heterocycles. The highest BCUT2D eigenvalue weighted by molar-refractivity contribution is 7.18. The van der Waals surface area contributed by atoms with E-state index < -0.39 is 0 Å². The van der Waals surface area contributed by atoms with Crippen LogP contribution in [0.3, 0.4) is 0 Å². The van der Waals surface area contributed by atoms with Crippen LogP contribution in [-0.2, 0) is 6.42 Å². The monoisotopic (exact) mass is 372 g/mol.